The van der Waals surface area contributed by atoms with Crippen LogP contribution in [0.3, 0.4) is 0 Å². The van der Waals surface area contributed by atoms with Crippen LogP contribution < -0.4 is 9.47 Å². The summed E-state index contributed by atoms with van der Waals surface area (Å²) in [4.78, 5) is 32.4. The molecule has 0 saturated carbocycles. The monoisotopic (exact) mass is 527 g/mol. The van der Waals surface area contributed by atoms with Gasteiger partial charge in [0, 0.05) is 45.2 Å². The zero-order chi connectivity index (χ0) is 26.7. The molecule has 3 aliphatic heterocycles. The maximum atomic E-state index is 13.6. The Balaban J connectivity index is 1.38. The van der Waals surface area contributed by atoms with E-state index in [0.717, 1.165) is 82.7 Å². The minimum atomic E-state index is 0.264. The number of likely N-dealkylation sites (tertiary alicyclic amines) is 2. The lowest BCUT2D eigenvalue weighted by atomic mass is 9.95. The molecule has 2 atom stereocenters. The molecule has 2 amide bonds. The minimum absolute atomic E-state index is 0.264. The predicted octanol–water partition coefficient (Wildman–Crippen LogP) is 5.57. The van der Waals surface area contributed by atoms with E-state index in [-0.39, 0.29) is 18.6 Å². The van der Waals surface area contributed by atoms with Crippen LogP contribution in [-0.4, -0.2) is 78.6 Å². The third-order valence-corrected chi connectivity index (χ3v) is 8.55. The molecule has 3 aliphatic rings. The number of benzene rings is 1. The van der Waals surface area contributed by atoms with Crippen LogP contribution in [0, 0.1) is 0 Å². The first-order valence-electron chi connectivity index (χ1n) is 15.3. The summed E-state index contributed by atoms with van der Waals surface area (Å²) in [5.41, 5.74) is 1.25. The number of carbonyl (C=O) groups excluding carboxylic acids is 2. The molecule has 7 heteroatoms. The topological polar surface area (TPSA) is 62.3 Å². The Morgan fingerprint density at radius 2 is 1.76 bits per heavy atom. The summed E-state index contributed by atoms with van der Waals surface area (Å²) in [6, 6.07) is 6.57. The molecule has 4 rings (SSSR count). The molecule has 0 aliphatic carbocycles. The van der Waals surface area contributed by atoms with Crippen LogP contribution in [0.1, 0.15) is 102 Å². The van der Waals surface area contributed by atoms with Gasteiger partial charge in [0.25, 0.3) is 0 Å². The fourth-order valence-electron chi connectivity index (χ4n) is 6.20. The van der Waals surface area contributed by atoms with Gasteiger partial charge in [-0.15, -0.1) is 0 Å². The number of ether oxygens (including phenoxy) is 2. The van der Waals surface area contributed by atoms with E-state index >= 15 is 0 Å². The van der Waals surface area contributed by atoms with Crippen LogP contribution in [0.5, 0.6) is 11.5 Å². The van der Waals surface area contributed by atoms with E-state index in [1.807, 2.05) is 11.0 Å². The van der Waals surface area contributed by atoms with Crippen molar-refractivity contribution in [3.63, 3.8) is 0 Å². The van der Waals surface area contributed by atoms with Crippen molar-refractivity contribution in [2.75, 3.05) is 46.1 Å². The smallest absolute Gasteiger partial charge is 0.236 e. The van der Waals surface area contributed by atoms with E-state index in [1.165, 1.54) is 37.7 Å². The van der Waals surface area contributed by atoms with Crippen LogP contribution in [-0.2, 0) is 9.59 Å². The van der Waals surface area contributed by atoms with Crippen LogP contribution in [0.25, 0.3) is 0 Å². The standard InChI is InChI=1S/C31H49N3O4/c1-3-5-7-8-9-10-17-32(16-6-4-2)31(36)23-34-22-26(25-13-14-28-29(21-25)38-24-37-28)20-27(34)15-19-33-18-11-12-30(33)35/h13-14,21,26-27H,3-12,15-20,22-24H2,1-2H3/t26-,27+/m1/s1. The van der Waals surface area contributed by atoms with Gasteiger partial charge in [0.15, 0.2) is 11.5 Å². The number of carbonyl (C=O) groups is 2. The second-order valence-corrected chi connectivity index (χ2v) is 11.4. The average molecular weight is 528 g/mol. The molecule has 7 nitrogen and oxygen atoms in total. The van der Waals surface area contributed by atoms with Crippen molar-refractivity contribution in [3.8, 4) is 11.5 Å². The number of hydrogen-bond donors (Lipinski definition) is 0. The van der Waals surface area contributed by atoms with Crippen LogP contribution in [0.4, 0.5) is 0 Å². The number of nitrogens with zero attached hydrogens (tertiary/aromatic N) is 3. The molecule has 0 bridgehead atoms. The number of fused-ring (bicyclic) bond motifs is 1. The van der Waals surface area contributed by atoms with Gasteiger partial charge in [-0.2, -0.15) is 0 Å². The molecule has 212 valence electrons. The van der Waals surface area contributed by atoms with Gasteiger partial charge in [-0.25, -0.2) is 0 Å². The number of hydrogen-bond acceptors (Lipinski definition) is 5. The SMILES string of the molecule is CCCCCCCCN(CCCC)C(=O)CN1C[C@H](c2ccc3c(c2)OCO3)C[C@@H]1CCN1CCCC1=O. The third kappa shape index (κ3) is 7.87. The first-order chi connectivity index (χ1) is 18.6. The lowest BCUT2D eigenvalue weighted by Gasteiger charge is -2.29. The van der Waals surface area contributed by atoms with E-state index in [2.05, 4.69) is 35.8 Å². The molecule has 0 radical (unpaired) electrons. The van der Waals surface area contributed by atoms with Crippen LogP contribution >= 0.6 is 0 Å². The Morgan fingerprint density at radius 1 is 1.00 bits per heavy atom. The Bertz CT molecular complexity index is 907. The molecule has 0 spiro atoms. The second-order valence-electron chi connectivity index (χ2n) is 11.4. The molecule has 38 heavy (non-hydrogen) atoms. The zero-order valence-electron chi connectivity index (χ0n) is 23.8. The van der Waals surface area contributed by atoms with Crippen molar-refractivity contribution in [2.24, 2.45) is 0 Å². The quantitative estimate of drug-likeness (QED) is 0.263. The highest BCUT2D eigenvalue weighted by Gasteiger charge is 2.36. The summed E-state index contributed by atoms with van der Waals surface area (Å²) in [6.07, 6.45) is 13.2. The molecule has 1 aromatic rings. The van der Waals surface area contributed by atoms with Crippen molar-refractivity contribution in [1.82, 2.24) is 14.7 Å². The van der Waals surface area contributed by atoms with E-state index in [0.29, 0.717) is 24.9 Å². The summed E-state index contributed by atoms with van der Waals surface area (Å²) >= 11 is 0. The van der Waals surface area contributed by atoms with Crippen LogP contribution in [0.15, 0.2) is 18.2 Å². The Labute approximate surface area is 229 Å². The normalized spacial score (nSPS) is 21.0. The number of amides is 2. The third-order valence-electron chi connectivity index (χ3n) is 8.55. The van der Waals surface area contributed by atoms with E-state index in [9.17, 15) is 9.59 Å². The molecule has 1 aromatic carbocycles. The lowest BCUT2D eigenvalue weighted by Crippen LogP contribution is -2.44. The van der Waals surface area contributed by atoms with E-state index < -0.39 is 0 Å². The maximum absolute atomic E-state index is 13.6. The van der Waals surface area contributed by atoms with Crippen LogP contribution in [0.2, 0.25) is 0 Å². The molecule has 2 fully saturated rings. The highest BCUT2D eigenvalue weighted by Crippen LogP contribution is 2.39. The van der Waals surface area contributed by atoms with Gasteiger partial charge >= 0.3 is 0 Å². The first kappa shape index (κ1) is 28.7. The summed E-state index contributed by atoms with van der Waals surface area (Å²) in [5.74, 6) is 2.52. The zero-order valence-corrected chi connectivity index (χ0v) is 23.8. The molecular formula is C31H49N3O4. The average Bonchev–Trinajstić information content (AvgIpc) is 3.66. The number of rotatable bonds is 16. The predicted molar refractivity (Wildman–Crippen MR) is 151 cm³/mol. The maximum Gasteiger partial charge on any atom is 0.236 e. The summed E-state index contributed by atoms with van der Waals surface area (Å²) < 4.78 is 11.2. The van der Waals surface area contributed by atoms with Crippen molar-refractivity contribution in [1.29, 1.82) is 0 Å². The van der Waals surface area contributed by atoms with Crippen molar-refractivity contribution in [3.05, 3.63) is 23.8 Å². The Kier molecular flexibility index (Phi) is 11.2. The lowest BCUT2D eigenvalue weighted by molar-refractivity contribution is -0.133. The largest absolute Gasteiger partial charge is 0.454 e. The summed E-state index contributed by atoms with van der Waals surface area (Å²) in [7, 11) is 0. The van der Waals surface area contributed by atoms with E-state index in [4.69, 9.17) is 9.47 Å². The van der Waals surface area contributed by atoms with Crippen molar-refractivity contribution < 1.29 is 19.1 Å². The van der Waals surface area contributed by atoms with Gasteiger partial charge in [0.05, 0.1) is 6.54 Å². The second kappa shape index (κ2) is 14.8. The molecule has 2 saturated heterocycles. The Hall–Kier alpha value is -2.28. The fourth-order valence-corrected chi connectivity index (χ4v) is 6.20. The number of unbranched alkanes of at least 4 members (excludes halogenated alkanes) is 6. The van der Waals surface area contributed by atoms with Crippen molar-refractivity contribution in [2.45, 2.75) is 103 Å². The van der Waals surface area contributed by atoms with Gasteiger partial charge in [-0.05, 0) is 55.7 Å². The highest BCUT2D eigenvalue weighted by atomic mass is 16.7. The van der Waals surface area contributed by atoms with Gasteiger partial charge in [0.1, 0.15) is 0 Å². The van der Waals surface area contributed by atoms with Crippen molar-refractivity contribution >= 4 is 11.8 Å². The molecule has 0 aromatic heterocycles. The van der Waals surface area contributed by atoms with Gasteiger partial charge in [0.2, 0.25) is 18.6 Å². The molecular weight excluding hydrogens is 478 g/mol. The van der Waals surface area contributed by atoms with Gasteiger partial charge in [-0.1, -0.05) is 58.4 Å². The van der Waals surface area contributed by atoms with Gasteiger partial charge < -0.3 is 19.3 Å². The summed E-state index contributed by atoms with van der Waals surface area (Å²) in [5, 5.41) is 0. The minimum Gasteiger partial charge on any atom is -0.454 e. The Morgan fingerprint density at radius 3 is 2.55 bits per heavy atom. The molecule has 0 N–H and O–H groups in total. The molecule has 3 heterocycles. The van der Waals surface area contributed by atoms with Gasteiger partial charge in [-0.3, -0.25) is 14.5 Å². The highest BCUT2D eigenvalue weighted by molar-refractivity contribution is 5.78. The van der Waals surface area contributed by atoms with E-state index in [1.54, 1.807) is 0 Å². The molecule has 0 unspecified atom stereocenters. The first-order valence-corrected chi connectivity index (χ1v) is 15.3. The summed E-state index contributed by atoms with van der Waals surface area (Å²) in [6.45, 7) is 9.45. The fraction of sp³-hybridized carbons (Fsp3) is 0.742.